The van der Waals surface area contributed by atoms with Crippen molar-refractivity contribution in [3.63, 3.8) is 0 Å². The fourth-order valence-corrected chi connectivity index (χ4v) is 2.46. The highest BCUT2D eigenvalue weighted by Gasteiger charge is 2.30. The van der Waals surface area contributed by atoms with Crippen LogP contribution in [0.25, 0.3) is 5.57 Å². The number of amides is 1. The van der Waals surface area contributed by atoms with Gasteiger partial charge in [-0.25, -0.2) is 4.79 Å². The van der Waals surface area contributed by atoms with Gasteiger partial charge in [0, 0.05) is 26.6 Å². The Labute approximate surface area is 163 Å². The Bertz CT molecular complexity index is 1010. The molecule has 148 valence electrons. The quantitative estimate of drug-likeness (QED) is 0.812. The minimum Gasteiger partial charge on any atom is -0.382 e. The number of nitriles is 1. The number of allylic oxidation sites excluding steroid dienone is 1. The summed E-state index contributed by atoms with van der Waals surface area (Å²) in [4.78, 5) is 13.9. The van der Waals surface area contributed by atoms with Crippen LogP contribution in [0.5, 0.6) is 0 Å². The molecule has 28 heavy (non-hydrogen) atoms. The van der Waals surface area contributed by atoms with E-state index >= 15 is 0 Å². The molecule has 0 aromatic carbocycles. The third kappa shape index (κ3) is 3.64. The summed E-state index contributed by atoms with van der Waals surface area (Å²) in [5.74, 6) is 0.336. The molecule has 0 saturated carbocycles. The monoisotopic (exact) mass is 383 g/mol. The second kappa shape index (κ2) is 7.26. The molecule has 0 radical (unpaired) electrons. The fourth-order valence-electron chi connectivity index (χ4n) is 2.46. The number of nitrogens with zero attached hydrogens (tertiary/aromatic N) is 8. The number of carbonyl (C=O) groups excluding carboxylic acids is 1. The van der Waals surface area contributed by atoms with Crippen LogP contribution < -0.4 is 5.73 Å². The topological polar surface area (TPSA) is 130 Å². The molecular formula is C18H25N9O. The third-order valence-corrected chi connectivity index (χ3v) is 3.96. The Hall–Kier alpha value is -3.48. The molecule has 2 aromatic rings. The van der Waals surface area contributed by atoms with Crippen molar-refractivity contribution >= 4 is 28.9 Å². The smallest absolute Gasteiger partial charge is 0.346 e. The first-order chi connectivity index (χ1) is 12.9. The second-order valence-electron chi connectivity index (χ2n) is 7.68. The molecule has 0 aliphatic rings. The number of carbonyl (C=O) groups is 1. The first-order valence-corrected chi connectivity index (χ1v) is 8.55. The molecule has 0 atom stereocenters. The number of anilines is 1. The predicted molar refractivity (Wildman–Crippen MR) is 107 cm³/mol. The van der Waals surface area contributed by atoms with Crippen LogP contribution in [0.4, 0.5) is 22.1 Å². The van der Waals surface area contributed by atoms with Gasteiger partial charge in [0.2, 0.25) is 5.82 Å². The lowest BCUT2D eigenvalue weighted by atomic mass is 9.90. The van der Waals surface area contributed by atoms with Gasteiger partial charge in [-0.15, -0.1) is 10.2 Å². The Morgan fingerprint density at radius 2 is 1.89 bits per heavy atom. The first-order valence-electron chi connectivity index (χ1n) is 8.55. The molecule has 2 aromatic heterocycles. The molecule has 0 aliphatic carbocycles. The van der Waals surface area contributed by atoms with Crippen LogP contribution in [0.2, 0.25) is 0 Å². The molecule has 2 rings (SSSR count). The van der Waals surface area contributed by atoms with E-state index in [1.807, 2.05) is 20.8 Å². The predicted octanol–water partition coefficient (Wildman–Crippen LogP) is 3.35. The van der Waals surface area contributed by atoms with E-state index in [-0.39, 0.29) is 11.4 Å². The van der Waals surface area contributed by atoms with Gasteiger partial charge in [0.05, 0.1) is 5.69 Å². The lowest BCUT2D eigenvalue weighted by molar-refractivity contribution is 0.216. The Morgan fingerprint density at radius 1 is 1.29 bits per heavy atom. The number of hydrogen-bond donors (Lipinski definition) is 1. The molecule has 10 heteroatoms. The third-order valence-electron chi connectivity index (χ3n) is 3.96. The van der Waals surface area contributed by atoms with Crippen LogP contribution in [-0.4, -0.2) is 44.6 Å². The number of aromatic nitrogens is 4. The summed E-state index contributed by atoms with van der Waals surface area (Å²) in [5.41, 5.74) is 7.69. The Morgan fingerprint density at radius 3 is 2.36 bits per heavy atom. The lowest BCUT2D eigenvalue weighted by Gasteiger charge is -2.15. The SMILES string of the molecule is C=C(C)c1nn(C)c(N)c1N=Nc1c(C#N)c(C(C)(C)C)nn1C(=O)N(C)C. The van der Waals surface area contributed by atoms with Crippen molar-refractivity contribution in [2.24, 2.45) is 17.3 Å². The van der Waals surface area contributed by atoms with E-state index in [1.165, 1.54) is 9.58 Å². The minimum absolute atomic E-state index is 0.0436. The van der Waals surface area contributed by atoms with Crippen molar-refractivity contribution in [1.29, 1.82) is 5.26 Å². The van der Waals surface area contributed by atoms with Crippen LogP contribution >= 0.6 is 0 Å². The van der Waals surface area contributed by atoms with Crippen LogP contribution in [0.3, 0.4) is 0 Å². The van der Waals surface area contributed by atoms with Gasteiger partial charge >= 0.3 is 6.03 Å². The maximum absolute atomic E-state index is 12.6. The van der Waals surface area contributed by atoms with Gasteiger partial charge in [0.1, 0.15) is 23.1 Å². The zero-order valence-corrected chi connectivity index (χ0v) is 17.3. The molecule has 2 heterocycles. The molecule has 0 unspecified atom stereocenters. The van der Waals surface area contributed by atoms with Gasteiger partial charge in [-0.1, -0.05) is 27.4 Å². The van der Waals surface area contributed by atoms with Gasteiger partial charge in [0.25, 0.3) is 0 Å². The van der Waals surface area contributed by atoms with Crippen molar-refractivity contribution < 1.29 is 4.79 Å². The van der Waals surface area contributed by atoms with Crippen molar-refractivity contribution in [1.82, 2.24) is 24.5 Å². The van der Waals surface area contributed by atoms with Gasteiger partial charge in [-0.3, -0.25) is 4.68 Å². The molecular weight excluding hydrogens is 358 g/mol. The van der Waals surface area contributed by atoms with Gasteiger partial charge < -0.3 is 10.6 Å². The summed E-state index contributed by atoms with van der Waals surface area (Å²) < 4.78 is 2.54. The average Bonchev–Trinajstić information content (AvgIpc) is 3.10. The fraction of sp³-hybridized carbons (Fsp3) is 0.444. The van der Waals surface area contributed by atoms with E-state index in [0.29, 0.717) is 28.5 Å². The summed E-state index contributed by atoms with van der Waals surface area (Å²) >= 11 is 0. The molecule has 0 bridgehead atoms. The van der Waals surface area contributed by atoms with Crippen molar-refractivity contribution in [3.05, 3.63) is 23.5 Å². The number of rotatable bonds is 3. The lowest BCUT2D eigenvalue weighted by Crippen LogP contribution is -2.28. The molecule has 0 aliphatic heterocycles. The molecule has 0 fully saturated rings. The van der Waals surface area contributed by atoms with E-state index in [9.17, 15) is 10.1 Å². The summed E-state index contributed by atoms with van der Waals surface area (Å²) in [6.45, 7) is 11.4. The highest BCUT2D eigenvalue weighted by Crippen LogP contribution is 2.35. The summed E-state index contributed by atoms with van der Waals surface area (Å²) in [7, 11) is 4.86. The molecule has 1 amide bonds. The summed E-state index contributed by atoms with van der Waals surface area (Å²) in [6, 6.07) is 1.66. The van der Waals surface area contributed by atoms with Gasteiger partial charge in [-0.05, 0) is 12.5 Å². The van der Waals surface area contributed by atoms with Gasteiger partial charge in [0.15, 0.2) is 5.69 Å². The highest BCUT2D eigenvalue weighted by atomic mass is 16.2. The van der Waals surface area contributed by atoms with E-state index in [0.717, 1.165) is 4.68 Å². The van der Waals surface area contributed by atoms with Crippen LogP contribution in [0, 0.1) is 11.3 Å². The largest absolute Gasteiger partial charge is 0.382 e. The first kappa shape index (κ1) is 20.8. The van der Waals surface area contributed by atoms with Crippen LogP contribution in [0.15, 0.2) is 16.8 Å². The number of nitrogens with two attached hydrogens (primary N) is 1. The van der Waals surface area contributed by atoms with Crippen LogP contribution in [0.1, 0.15) is 44.6 Å². The summed E-state index contributed by atoms with van der Waals surface area (Å²) in [5, 5.41) is 26.7. The zero-order valence-electron chi connectivity index (χ0n) is 17.3. The molecule has 0 saturated heterocycles. The molecule has 10 nitrogen and oxygen atoms in total. The number of hydrogen-bond acceptors (Lipinski definition) is 7. The summed E-state index contributed by atoms with van der Waals surface area (Å²) in [6.07, 6.45) is 0. The second-order valence-corrected chi connectivity index (χ2v) is 7.68. The maximum Gasteiger partial charge on any atom is 0.346 e. The van der Waals surface area contributed by atoms with Crippen LogP contribution in [-0.2, 0) is 12.5 Å². The Balaban J connectivity index is 2.74. The van der Waals surface area contributed by atoms with E-state index in [2.05, 4.69) is 33.1 Å². The van der Waals surface area contributed by atoms with Gasteiger partial charge in [-0.2, -0.15) is 20.1 Å². The molecule has 2 N–H and O–H groups in total. The average molecular weight is 383 g/mol. The number of nitrogen functional groups attached to an aromatic ring is 1. The Kier molecular flexibility index (Phi) is 5.40. The minimum atomic E-state index is -0.469. The number of aryl methyl sites for hydroxylation is 1. The highest BCUT2D eigenvalue weighted by molar-refractivity contribution is 5.81. The zero-order chi connectivity index (χ0) is 21.4. The van der Waals surface area contributed by atoms with E-state index < -0.39 is 11.4 Å². The standard InChI is InChI=1S/C18H25N9O/c1-10(2)12-13(15(20)26(8)23-12)21-22-16-11(9-19)14(18(3,4)5)24-27(16)17(28)25(6)7/h1,20H2,2-8H3. The number of azo groups is 1. The van der Waals surface area contributed by atoms with Crippen molar-refractivity contribution in [2.45, 2.75) is 33.1 Å². The normalized spacial score (nSPS) is 11.6. The van der Waals surface area contributed by atoms with Crippen molar-refractivity contribution in [3.8, 4) is 6.07 Å². The van der Waals surface area contributed by atoms with Crippen molar-refractivity contribution in [2.75, 3.05) is 19.8 Å². The maximum atomic E-state index is 12.6. The van der Waals surface area contributed by atoms with E-state index in [4.69, 9.17) is 5.73 Å². The van der Waals surface area contributed by atoms with E-state index in [1.54, 1.807) is 28.1 Å². The molecule has 0 spiro atoms.